The molecule has 1 aromatic heterocycles. The van der Waals surface area contributed by atoms with Gasteiger partial charge in [0.15, 0.2) is 5.58 Å². The fraction of sp³-hybridized carbons (Fsp3) is 0. The van der Waals surface area contributed by atoms with Gasteiger partial charge >= 0.3 is 0 Å². The number of fused-ring (bicyclic) bond motifs is 1. The first-order chi connectivity index (χ1) is 6.88. The molecule has 0 aliphatic rings. The van der Waals surface area contributed by atoms with Crippen LogP contribution in [-0.4, -0.2) is 18.0 Å². The molecule has 0 unspecified atom stereocenters. The Kier molecular flexibility index (Phi) is 2.42. The van der Waals surface area contributed by atoms with Crippen LogP contribution in [-0.2, 0) is 10.1 Å². The second-order valence-electron chi connectivity index (χ2n) is 2.72. The molecular formula is C7H4ClNO4S2. The second-order valence-corrected chi connectivity index (χ2v) is 4.94. The molecule has 1 aromatic carbocycles. The van der Waals surface area contributed by atoms with Gasteiger partial charge in [-0.2, -0.15) is 8.42 Å². The Morgan fingerprint density at radius 3 is 2.73 bits per heavy atom. The monoisotopic (exact) mass is 265 g/mol. The fourth-order valence-electron chi connectivity index (χ4n) is 1.10. The molecule has 0 fully saturated rings. The summed E-state index contributed by atoms with van der Waals surface area (Å²) in [6, 6.07) is 2.23. The summed E-state index contributed by atoms with van der Waals surface area (Å²) in [5.74, 6) is 0. The minimum Gasteiger partial charge on any atom is -0.430 e. The van der Waals surface area contributed by atoms with Crippen molar-refractivity contribution in [2.45, 2.75) is 10.1 Å². The van der Waals surface area contributed by atoms with E-state index in [9.17, 15) is 8.42 Å². The van der Waals surface area contributed by atoms with Crippen molar-refractivity contribution in [2.75, 3.05) is 0 Å². The predicted molar refractivity (Wildman–Crippen MR) is 56.1 cm³/mol. The van der Waals surface area contributed by atoms with Crippen LogP contribution in [0.25, 0.3) is 11.1 Å². The molecule has 8 heteroatoms. The van der Waals surface area contributed by atoms with Crippen molar-refractivity contribution in [3.05, 3.63) is 17.2 Å². The summed E-state index contributed by atoms with van der Waals surface area (Å²) in [5.41, 5.74) is 0.453. The lowest BCUT2D eigenvalue weighted by Gasteiger charge is -1.97. The SMILES string of the molecule is O=S(=O)(O)c1cc(Cl)c2oc(S)nc2c1. The maximum atomic E-state index is 10.9. The third-order valence-electron chi connectivity index (χ3n) is 1.70. The zero-order chi connectivity index (χ0) is 11.2. The van der Waals surface area contributed by atoms with Crippen molar-refractivity contribution in [2.24, 2.45) is 0 Å². The number of benzene rings is 1. The molecule has 0 atom stereocenters. The average Bonchev–Trinajstić information content (AvgIpc) is 2.44. The lowest BCUT2D eigenvalue weighted by molar-refractivity contribution is 0.483. The zero-order valence-corrected chi connectivity index (χ0v) is 9.47. The molecular weight excluding hydrogens is 262 g/mol. The lowest BCUT2D eigenvalue weighted by Crippen LogP contribution is -1.97. The van der Waals surface area contributed by atoms with Crippen LogP contribution < -0.4 is 0 Å². The molecule has 80 valence electrons. The number of thiol groups is 1. The van der Waals surface area contributed by atoms with Crippen molar-refractivity contribution in [3.63, 3.8) is 0 Å². The Balaban J connectivity index is 2.84. The molecule has 0 saturated carbocycles. The van der Waals surface area contributed by atoms with E-state index in [1.807, 2.05) is 0 Å². The van der Waals surface area contributed by atoms with Crippen molar-refractivity contribution in [3.8, 4) is 0 Å². The standard InChI is InChI=1S/C7H4ClNO4S2/c8-4-1-3(15(10,11)12)2-5-6(4)13-7(14)9-5/h1-2H,(H,9,14)(H,10,11,12). The van der Waals surface area contributed by atoms with Crippen molar-refractivity contribution in [1.82, 2.24) is 4.98 Å². The van der Waals surface area contributed by atoms with Crippen LogP contribution >= 0.6 is 24.2 Å². The Hall–Kier alpha value is -0.760. The first-order valence-corrected chi connectivity index (χ1v) is 5.91. The number of hydrogen-bond acceptors (Lipinski definition) is 5. The van der Waals surface area contributed by atoms with Crippen LogP contribution in [0.3, 0.4) is 0 Å². The Morgan fingerprint density at radius 1 is 1.47 bits per heavy atom. The van der Waals surface area contributed by atoms with Gasteiger partial charge in [-0.05, 0) is 12.1 Å². The summed E-state index contributed by atoms with van der Waals surface area (Å²) in [6.45, 7) is 0. The van der Waals surface area contributed by atoms with Crippen LogP contribution in [0.2, 0.25) is 5.02 Å². The van der Waals surface area contributed by atoms with Gasteiger partial charge in [0.1, 0.15) is 5.52 Å². The molecule has 5 nitrogen and oxygen atoms in total. The maximum absolute atomic E-state index is 10.9. The molecule has 0 spiro atoms. The third kappa shape index (κ3) is 1.96. The van der Waals surface area contributed by atoms with E-state index in [1.165, 1.54) is 0 Å². The van der Waals surface area contributed by atoms with E-state index in [0.717, 1.165) is 12.1 Å². The summed E-state index contributed by atoms with van der Waals surface area (Å²) in [6.07, 6.45) is 0. The highest BCUT2D eigenvalue weighted by atomic mass is 35.5. The van der Waals surface area contributed by atoms with Gasteiger partial charge in [0.05, 0.1) is 9.92 Å². The summed E-state index contributed by atoms with van der Waals surface area (Å²) < 4.78 is 35.5. The van der Waals surface area contributed by atoms with Crippen LogP contribution in [0.15, 0.2) is 26.7 Å². The number of halogens is 1. The Bertz CT molecular complexity index is 634. The normalized spacial score (nSPS) is 12.2. The highest BCUT2D eigenvalue weighted by Gasteiger charge is 2.16. The lowest BCUT2D eigenvalue weighted by atomic mass is 10.3. The number of rotatable bonds is 1. The molecule has 1 N–H and O–H groups in total. The third-order valence-corrected chi connectivity index (χ3v) is 3.01. The summed E-state index contributed by atoms with van der Waals surface area (Å²) in [4.78, 5) is 3.45. The van der Waals surface area contributed by atoms with E-state index >= 15 is 0 Å². The highest BCUT2D eigenvalue weighted by Crippen LogP contribution is 2.28. The molecule has 2 rings (SSSR count). The maximum Gasteiger partial charge on any atom is 0.294 e. The molecule has 1 heterocycles. The molecule has 0 radical (unpaired) electrons. The quantitative estimate of drug-likeness (QED) is 0.609. The van der Waals surface area contributed by atoms with E-state index in [2.05, 4.69) is 17.6 Å². The number of nitrogens with zero attached hydrogens (tertiary/aromatic N) is 1. The van der Waals surface area contributed by atoms with E-state index in [1.54, 1.807) is 0 Å². The molecule has 2 aromatic rings. The molecule has 0 amide bonds. The molecule has 0 aliphatic carbocycles. The van der Waals surface area contributed by atoms with Gasteiger partial charge in [-0.3, -0.25) is 4.55 Å². The second kappa shape index (κ2) is 3.38. The van der Waals surface area contributed by atoms with E-state index < -0.39 is 10.1 Å². The minimum atomic E-state index is -4.30. The van der Waals surface area contributed by atoms with E-state index in [0.29, 0.717) is 0 Å². The topological polar surface area (TPSA) is 80.4 Å². The van der Waals surface area contributed by atoms with Gasteiger partial charge in [-0.25, -0.2) is 4.98 Å². The van der Waals surface area contributed by atoms with Gasteiger partial charge in [0.2, 0.25) is 0 Å². The number of oxazole rings is 1. The predicted octanol–water partition coefficient (Wildman–Crippen LogP) is 2.02. The van der Waals surface area contributed by atoms with Gasteiger partial charge in [0.25, 0.3) is 15.3 Å². The van der Waals surface area contributed by atoms with Crippen molar-refractivity contribution >= 4 is 45.4 Å². The van der Waals surface area contributed by atoms with Crippen molar-refractivity contribution in [1.29, 1.82) is 0 Å². The van der Waals surface area contributed by atoms with E-state index in [-0.39, 0.29) is 26.2 Å². The molecule has 0 aliphatic heterocycles. The van der Waals surface area contributed by atoms with Gasteiger partial charge in [-0.15, -0.1) is 0 Å². The first-order valence-electron chi connectivity index (χ1n) is 3.64. The summed E-state index contributed by atoms with van der Waals surface area (Å²) in [5, 5.41) is 0.118. The average molecular weight is 266 g/mol. The number of aromatic nitrogens is 1. The van der Waals surface area contributed by atoms with Gasteiger partial charge in [0, 0.05) is 0 Å². The van der Waals surface area contributed by atoms with Crippen LogP contribution in [0.4, 0.5) is 0 Å². The first kappa shape index (κ1) is 10.7. The minimum absolute atomic E-state index is 0.0490. The zero-order valence-electron chi connectivity index (χ0n) is 7.01. The highest BCUT2D eigenvalue weighted by molar-refractivity contribution is 7.85. The Morgan fingerprint density at radius 2 is 2.13 bits per heavy atom. The van der Waals surface area contributed by atoms with Gasteiger partial charge in [-0.1, -0.05) is 24.2 Å². The van der Waals surface area contributed by atoms with Crippen molar-refractivity contribution < 1.29 is 17.4 Å². The van der Waals surface area contributed by atoms with Crippen LogP contribution in [0.1, 0.15) is 0 Å². The molecule has 15 heavy (non-hydrogen) atoms. The molecule has 0 bridgehead atoms. The smallest absolute Gasteiger partial charge is 0.294 e. The van der Waals surface area contributed by atoms with Crippen LogP contribution in [0.5, 0.6) is 0 Å². The van der Waals surface area contributed by atoms with Gasteiger partial charge < -0.3 is 4.42 Å². The largest absolute Gasteiger partial charge is 0.430 e. The van der Waals surface area contributed by atoms with E-state index in [4.69, 9.17) is 20.6 Å². The summed E-state index contributed by atoms with van der Waals surface area (Å²) in [7, 11) is -4.30. The fourth-order valence-corrected chi connectivity index (χ4v) is 2.15. The van der Waals surface area contributed by atoms with Crippen LogP contribution in [0, 0.1) is 0 Å². The number of hydrogen-bond donors (Lipinski definition) is 2. The summed E-state index contributed by atoms with van der Waals surface area (Å²) >= 11 is 9.59. The Labute approximate surface area is 95.2 Å². The molecule has 0 saturated heterocycles.